The molecule has 0 fully saturated rings. The molecule has 0 aliphatic rings. The molecule has 0 amide bonds. The maximum Gasteiger partial charge on any atom is 0.148 e. The number of benzene rings is 7. The van der Waals surface area contributed by atoms with Crippen LogP contribution in [0.4, 0.5) is 0 Å². The molecule has 0 aliphatic heterocycles. The fraction of sp³-hybridized carbons (Fsp3) is 0.250. The van der Waals surface area contributed by atoms with Crippen molar-refractivity contribution in [2.75, 3.05) is 0 Å². The number of hydrogen-bond donors (Lipinski definition) is 1. The van der Waals surface area contributed by atoms with Crippen molar-refractivity contribution >= 4 is 11.0 Å². The topological polar surface area (TPSA) is 50.9 Å². The molecule has 2 aromatic heterocycles. The van der Waals surface area contributed by atoms with Crippen molar-refractivity contribution in [2.45, 2.75) is 105 Å². The molecule has 1 N–H and O–H groups in total. The van der Waals surface area contributed by atoms with E-state index in [4.69, 9.17) is 15.5 Å². The molecular weight excluding hydrogens is 1020 g/mol. The van der Waals surface area contributed by atoms with Gasteiger partial charge < -0.3 is 5.11 Å². The van der Waals surface area contributed by atoms with Crippen molar-refractivity contribution < 1.29 is 33.0 Å². The van der Waals surface area contributed by atoms with Gasteiger partial charge in [0.15, 0.2) is 0 Å². The number of hydrogen-bond acceptors (Lipinski definition) is 3. The quantitative estimate of drug-likeness (QED) is 0.154. The smallest absolute Gasteiger partial charge is 0.148 e. The average molecular weight is 1090 g/mol. The van der Waals surface area contributed by atoms with Gasteiger partial charge in [-0.1, -0.05) is 202 Å². The Labute approximate surface area is 431 Å². The van der Waals surface area contributed by atoms with E-state index < -0.39 is 11.3 Å². The number of imidazole rings is 1. The molecule has 7 aromatic carbocycles. The predicted octanol–water partition coefficient (Wildman–Crippen LogP) is 17.3. The molecule has 2 heterocycles. The number of fused-ring (bicyclic) bond motifs is 1. The van der Waals surface area contributed by atoms with Crippen molar-refractivity contribution in [3.8, 4) is 78.6 Å². The molecule has 352 valence electrons. The summed E-state index contributed by atoms with van der Waals surface area (Å²) < 4.78 is 46.6. The van der Waals surface area contributed by atoms with E-state index >= 15 is 0 Å². The van der Waals surface area contributed by atoms with Crippen LogP contribution in [0.1, 0.15) is 117 Å². The second-order valence-corrected chi connectivity index (χ2v) is 21.4. The molecule has 0 saturated heterocycles. The van der Waals surface area contributed by atoms with Gasteiger partial charge in [0, 0.05) is 45.5 Å². The molecule has 0 aliphatic carbocycles. The molecular formula is C64H64N3OPt-. The zero-order valence-corrected chi connectivity index (χ0v) is 44.1. The summed E-state index contributed by atoms with van der Waals surface area (Å²) in [6.45, 7) is 24.9. The van der Waals surface area contributed by atoms with Crippen LogP contribution in [0.3, 0.4) is 0 Å². The van der Waals surface area contributed by atoms with Crippen LogP contribution in [0, 0.1) is 13.0 Å². The number of pyridine rings is 1. The number of para-hydroxylation sites is 1. The van der Waals surface area contributed by atoms with Crippen molar-refractivity contribution in [3.63, 3.8) is 0 Å². The van der Waals surface area contributed by atoms with Gasteiger partial charge in [0.05, 0.1) is 27.8 Å². The Kier molecular flexibility index (Phi) is 11.7. The molecule has 69 heavy (non-hydrogen) atoms. The fourth-order valence-corrected chi connectivity index (χ4v) is 8.98. The molecule has 0 unspecified atom stereocenters. The summed E-state index contributed by atoms with van der Waals surface area (Å²) in [6, 6.07) is 46.5. The van der Waals surface area contributed by atoms with Gasteiger partial charge >= 0.3 is 0 Å². The molecule has 9 aromatic rings. The Balaban J connectivity index is 0.00000729. The number of nitrogens with zero attached hydrogens (tertiary/aromatic N) is 3. The Hall–Kier alpha value is -6.35. The second kappa shape index (κ2) is 18.9. The van der Waals surface area contributed by atoms with Crippen molar-refractivity contribution in [3.05, 3.63) is 192 Å². The summed E-state index contributed by atoms with van der Waals surface area (Å²) in [5.41, 5.74) is 13.4. The summed E-state index contributed by atoms with van der Waals surface area (Å²) in [4.78, 5) is 10.5. The molecule has 0 bridgehead atoms. The van der Waals surface area contributed by atoms with Crippen LogP contribution in [0.5, 0.6) is 5.75 Å². The molecule has 0 spiro atoms. The Morgan fingerprint density at radius 1 is 0.594 bits per heavy atom. The Morgan fingerprint density at radius 2 is 1.20 bits per heavy atom. The van der Waals surface area contributed by atoms with Gasteiger partial charge in [-0.2, -0.15) is 0 Å². The van der Waals surface area contributed by atoms with E-state index in [1.54, 1.807) is 19.2 Å². The minimum Gasteiger partial charge on any atom is -0.507 e. The number of phenolic OH excluding ortho intramolecular Hbond substituents is 1. The van der Waals surface area contributed by atoms with E-state index in [0.717, 1.165) is 66.8 Å². The van der Waals surface area contributed by atoms with E-state index in [2.05, 4.69) is 146 Å². The van der Waals surface area contributed by atoms with E-state index in [-0.39, 0.29) is 67.4 Å². The van der Waals surface area contributed by atoms with Crippen LogP contribution in [-0.2, 0) is 37.3 Å². The zero-order valence-electron chi connectivity index (χ0n) is 46.8. The fourth-order valence-electron chi connectivity index (χ4n) is 8.98. The maximum atomic E-state index is 12.8. The first-order valence-corrected chi connectivity index (χ1v) is 23.6. The summed E-state index contributed by atoms with van der Waals surface area (Å²) in [5, 5.41) is 12.8. The van der Waals surface area contributed by atoms with Crippen LogP contribution in [0.15, 0.2) is 158 Å². The summed E-state index contributed by atoms with van der Waals surface area (Å²) in [6.07, 6.45) is 1.65. The third kappa shape index (κ3) is 9.79. The first-order chi connectivity index (χ1) is 34.2. The van der Waals surface area contributed by atoms with Gasteiger partial charge in [-0.3, -0.25) is 9.55 Å². The summed E-state index contributed by atoms with van der Waals surface area (Å²) in [5.74, 6) is -0.245. The number of aromatic hydroxyl groups is 1. The third-order valence-electron chi connectivity index (χ3n) is 12.9. The van der Waals surface area contributed by atoms with E-state index in [9.17, 15) is 6.48 Å². The standard InChI is InChI=1S/C64H64N3O.Pt/c1-40(2)51-38-53(44-22-17-14-18-23-44)58(39-52(51)43-20-15-13-16-21-43)67-57-25-19-24-50(59(57)66-61(67)54-36-49(63(7,8)9)37-55(60(54)68)64(10,11)12)46-32-47(34-48(33-46)62(4,5)6)56-35-45(30-31-65-56)42-28-26-41(3)27-29-42;/h13-31,33-40,68H,1-12H3;/q-1;/i26D,27D,28D,29D,40D;. The van der Waals surface area contributed by atoms with Gasteiger partial charge in [-0.25, -0.2) is 4.98 Å². The zero-order chi connectivity index (χ0) is 52.7. The van der Waals surface area contributed by atoms with Crippen LogP contribution < -0.4 is 0 Å². The SMILES string of the molecule is [2H]c1c([2H])c(-c2ccnc(-c3[c-]c(-c4cccc5c4nc(-c4cc(C(C)(C)C)cc(C(C)(C)C)c4O)n5-c4cc(-c5ccccc5)c(C([2H])(C)C)cc4-c4ccccc4)cc(C(C)(C)C)c3)c2)c([2H])c([2H])c1C.[Pt]. The first-order valence-electron chi connectivity index (χ1n) is 26.1. The monoisotopic (exact) mass is 1090 g/mol. The summed E-state index contributed by atoms with van der Waals surface area (Å²) >= 11 is 0. The first kappa shape index (κ1) is 42.7. The molecule has 4 nitrogen and oxygen atoms in total. The average Bonchev–Trinajstić information content (AvgIpc) is 3.73. The number of rotatable bonds is 8. The van der Waals surface area contributed by atoms with Crippen molar-refractivity contribution in [1.82, 2.24) is 14.5 Å². The minimum absolute atomic E-state index is 0. The molecule has 0 radical (unpaired) electrons. The predicted molar refractivity (Wildman–Crippen MR) is 287 cm³/mol. The Morgan fingerprint density at radius 3 is 1.81 bits per heavy atom. The molecule has 0 atom stereocenters. The maximum absolute atomic E-state index is 12.8. The van der Waals surface area contributed by atoms with Gasteiger partial charge in [0.2, 0.25) is 0 Å². The van der Waals surface area contributed by atoms with Gasteiger partial charge in [0.1, 0.15) is 11.6 Å². The second-order valence-electron chi connectivity index (χ2n) is 21.4. The number of phenols is 1. The molecule has 5 heteroatoms. The van der Waals surface area contributed by atoms with E-state index in [0.29, 0.717) is 39.3 Å². The van der Waals surface area contributed by atoms with Crippen LogP contribution in [0.25, 0.3) is 83.9 Å². The van der Waals surface area contributed by atoms with Gasteiger partial charge in [-0.15, -0.1) is 29.3 Å². The molecule has 0 saturated carbocycles. The third-order valence-corrected chi connectivity index (χ3v) is 12.9. The minimum atomic E-state index is -0.969. The van der Waals surface area contributed by atoms with Crippen LogP contribution in [-0.4, -0.2) is 19.6 Å². The van der Waals surface area contributed by atoms with Crippen LogP contribution >= 0.6 is 0 Å². The largest absolute Gasteiger partial charge is 0.507 e. The normalized spacial score (nSPS) is 13.3. The van der Waals surface area contributed by atoms with E-state index in [1.807, 2.05) is 62.4 Å². The molecule has 9 rings (SSSR count). The van der Waals surface area contributed by atoms with Gasteiger partial charge in [0.25, 0.3) is 0 Å². The van der Waals surface area contributed by atoms with Crippen molar-refractivity contribution in [1.29, 1.82) is 0 Å². The van der Waals surface area contributed by atoms with Gasteiger partial charge in [-0.05, 0) is 98.3 Å². The summed E-state index contributed by atoms with van der Waals surface area (Å²) in [7, 11) is 0. The number of aromatic nitrogens is 3. The van der Waals surface area contributed by atoms with E-state index in [1.165, 1.54) is 0 Å². The Bertz CT molecular complexity index is 3590. The van der Waals surface area contributed by atoms with Crippen LogP contribution in [0.2, 0.25) is 0 Å². The van der Waals surface area contributed by atoms with Crippen molar-refractivity contribution in [2.24, 2.45) is 0 Å².